The Balaban J connectivity index is 2.02. The number of rotatable bonds is 3. The summed E-state index contributed by atoms with van der Waals surface area (Å²) in [6.07, 6.45) is 0. The third-order valence-corrected chi connectivity index (χ3v) is 2.65. The van der Waals surface area contributed by atoms with Gasteiger partial charge in [0.1, 0.15) is 0 Å². The van der Waals surface area contributed by atoms with Gasteiger partial charge in [0.2, 0.25) is 0 Å². The summed E-state index contributed by atoms with van der Waals surface area (Å²) < 4.78 is 0. The van der Waals surface area contributed by atoms with Crippen LogP contribution in [0, 0.1) is 0 Å². The number of carbonyl (C=O) groups excluding carboxylic acids is 1. The molecule has 0 saturated carbocycles. The lowest BCUT2D eigenvalue weighted by molar-refractivity contribution is 0.0950. The predicted octanol–water partition coefficient (Wildman–Crippen LogP) is -0.236. The first-order chi connectivity index (χ1) is 8.02. The van der Waals surface area contributed by atoms with E-state index in [4.69, 9.17) is 5.73 Å². The molecule has 6 nitrogen and oxygen atoms in total. The highest BCUT2D eigenvalue weighted by molar-refractivity contribution is 5.92. The van der Waals surface area contributed by atoms with E-state index in [2.05, 4.69) is 15.5 Å². The van der Waals surface area contributed by atoms with Crippen molar-refractivity contribution in [2.75, 3.05) is 24.5 Å². The summed E-state index contributed by atoms with van der Waals surface area (Å²) in [5.74, 6) is 0.569. The van der Waals surface area contributed by atoms with E-state index in [-0.39, 0.29) is 11.4 Å². The van der Waals surface area contributed by atoms with E-state index in [0.29, 0.717) is 12.2 Å². The van der Waals surface area contributed by atoms with E-state index >= 15 is 0 Å². The second-order valence-electron chi connectivity index (χ2n) is 4.65. The van der Waals surface area contributed by atoms with Gasteiger partial charge in [-0.1, -0.05) is 0 Å². The van der Waals surface area contributed by atoms with Crippen LogP contribution in [0.4, 0.5) is 5.82 Å². The van der Waals surface area contributed by atoms with Gasteiger partial charge in [-0.3, -0.25) is 4.79 Å². The largest absolute Gasteiger partial charge is 0.351 e. The third kappa shape index (κ3) is 2.52. The summed E-state index contributed by atoms with van der Waals surface area (Å²) in [7, 11) is 0. The molecule has 2 heterocycles. The summed E-state index contributed by atoms with van der Waals surface area (Å²) >= 11 is 0. The van der Waals surface area contributed by atoms with E-state index in [1.807, 2.05) is 18.7 Å². The third-order valence-electron chi connectivity index (χ3n) is 2.65. The zero-order valence-corrected chi connectivity index (χ0v) is 10.1. The molecule has 3 N–H and O–H groups in total. The Bertz CT molecular complexity index is 406. The molecule has 6 heteroatoms. The van der Waals surface area contributed by atoms with Crippen LogP contribution in [0.2, 0.25) is 0 Å². The molecule has 1 aliphatic heterocycles. The number of anilines is 1. The zero-order chi connectivity index (χ0) is 12.5. The Labute approximate surface area is 100 Å². The summed E-state index contributed by atoms with van der Waals surface area (Å²) in [6, 6.07) is 3.48. The molecule has 0 radical (unpaired) electrons. The summed E-state index contributed by atoms with van der Waals surface area (Å²) in [5, 5.41) is 10.6. The molecule has 1 aromatic heterocycles. The van der Waals surface area contributed by atoms with Crippen LogP contribution < -0.4 is 16.0 Å². The first kappa shape index (κ1) is 11.8. The number of aromatic nitrogens is 2. The van der Waals surface area contributed by atoms with Crippen molar-refractivity contribution in [1.82, 2.24) is 15.5 Å². The monoisotopic (exact) mass is 235 g/mol. The van der Waals surface area contributed by atoms with Crippen LogP contribution in [0.15, 0.2) is 12.1 Å². The molecule has 0 aromatic carbocycles. The quantitative estimate of drug-likeness (QED) is 0.755. The first-order valence-electron chi connectivity index (χ1n) is 5.67. The predicted molar refractivity (Wildman–Crippen MR) is 64.8 cm³/mol. The fourth-order valence-electron chi connectivity index (χ4n) is 1.85. The molecule has 2 rings (SSSR count). The Morgan fingerprint density at radius 3 is 2.71 bits per heavy atom. The summed E-state index contributed by atoms with van der Waals surface area (Å²) in [5.41, 5.74) is 6.11. The van der Waals surface area contributed by atoms with Crippen LogP contribution in [0.5, 0.6) is 0 Å². The van der Waals surface area contributed by atoms with Crippen molar-refractivity contribution in [3.63, 3.8) is 0 Å². The maximum absolute atomic E-state index is 11.5. The SMILES string of the molecule is CCNC(=O)c1ccc(N2CC(C)(N)C2)nn1. The molecule has 1 saturated heterocycles. The maximum Gasteiger partial charge on any atom is 0.271 e. The number of nitrogens with two attached hydrogens (primary N) is 1. The fraction of sp³-hybridized carbons (Fsp3) is 0.545. The van der Waals surface area contributed by atoms with Crippen LogP contribution in [-0.2, 0) is 0 Å². The van der Waals surface area contributed by atoms with Crippen LogP contribution in [-0.4, -0.2) is 41.3 Å². The van der Waals surface area contributed by atoms with Gasteiger partial charge in [0.05, 0.1) is 0 Å². The summed E-state index contributed by atoms with van der Waals surface area (Å²) in [4.78, 5) is 13.5. The van der Waals surface area contributed by atoms with Crippen molar-refractivity contribution in [3.8, 4) is 0 Å². The van der Waals surface area contributed by atoms with E-state index in [1.54, 1.807) is 12.1 Å². The van der Waals surface area contributed by atoms with Gasteiger partial charge in [-0.2, -0.15) is 0 Å². The molecule has 1 fully saturated rings. The number of nitrogens with zero attached hydrogens (tertiary/aromatic N) is 3. The summed E-state index contributed by atoms with van der Waals surface area (Å²) in [6.45, 7) is 5.98. The first-order valence-corrected chi connectivity index (χ1v) is 5.67. The average Bonchev–Trinajstić information content (AvgIpc) is 2.26. The molecule has 0 bridgehead atoms. The van der Waals surface area contributed by atoms with Crippen LogP contribution in [0.3, 0.4) is 0 Å². The van der Waals surface area contributed by atoms with Gasteiger partial charge in [0.15, 0.2) is 11.5 Å². The lowest BCUT2D eigenvalue weighted by atomic mass is 9.94. The van der Waals surface area contributed by atoms with Gasteiger partial charge in [-0.15, -0.1) is 10.2 Å². The highest BCUT2D eigenvalue weighted by Gasteiger charge is 2.35. The lowest BCUT2D eigenvalue weighted by Gasteiger charge is -2.45. The van der Waals surface area contributed by atoms with Gasteiger partial charge in [-0.05, 0) is 26.0 Å². The lowest BCUT2D eigenvalue weighted by Crippen LogP contribution is -2.65. The molecule has 1 amide bonds. The minimum Gasteiger partial charge on any atom is -0.351 e. The smallest absolute Gasteiger partial charge is 0.271 e. The minimum atomic E-state index is -0.196. The number of hydrogen-bond acceptors (Lipinski definition) is 5. The van der Waals surface area contributed by atoms with Gasteiger partial charge in [0, 0.05) is 25.2 Å². The van der Waals surface area contributed by atoms with Crippen LogP contribution in [0.1, 0.15) is 24.3 Å². The molecule has 17 heavy (non-hydrogen) atoms. The Kier molecular flexibility index (Phi) is 2.97. The van der Waals surface area contributed by atoms with Gasteiger partial charge < -0.3 is 16.0 Å². The zero-order valence-electron chi connectivity index (χ0n) is 10.1. The van der Waals surface area contributed by atoms with Crippen molar-refractivity contribution in [2.45, 2.75) is 19.4 Å². The van der Waals surface area contributed by atoms with Gasteiger partial charge in [0.25, 0.3) is 5.91 Å². The molecule has 0 atom stereocenters. The van der Waals surface area contributed by atoms with Crippen molar-refractivity contribution in [1.29, 1.82) is 0 Å². The highest BCUT2D eigenvalue weighted by atomic mass is 16.1. The number of amides is 1. The van der Waals surface area contributed by atoms with Crippen LogP contribution in [0.25, 0.3) is 0 Å². The number of hydrogen-bond donors (Lipinski definition) is 2. The average molecular weight is 235 g/mol. The van der Waals surface area contributed by atoms with Gasteiger partial charge in [-0.25, -0.2) is 0 Å². The Morgan fingerprint density at radius 1 is 1.53 bits per heavy atom. The fourth-order valence-corrected chi connectivity index (χ4v) is 1.85. The van der Waals surface area contributed by atoms with Crippen molar-refractivity contribution >= 4 is 11.7 Å². The standard InChI is InChI=1S/C11H17N5O/c1-3-13-10(17)8-4-5-9(15-14-8)16-6-11(2,12)7-16/h4-5H,3,6-7,12H2,1-2H3,(H,13,17). The van der Waals surface area contributed by atoms with E-state index in [0.717, 1.165) is 18.9 Å². The van der Waals surface area contributed by atoms with E-state index < -0.39 is 0 Å². The number of carbonyl (C=O) groups is 1. The molecular weight excluding hydrogens is 218 g/mol. The Hall–Kier alpha value is -1.69. The molecule has 0 aliphatic carbocycles. The second-order valence-corrected chi connectivity index (χ2v) is 4.65. The van der Waals surface area contributed by atoms with Gasteiger partial charge >= 0.3 is 0 Å². The Morgan fingerprint density at radius 2 is 2.24 bits per heavy atom. The molecule has 1 aliphatic rings. The van der Waals surface area contributed by atoms with Crippen LogP contribution >= 0.6 is 0 Å². The number of nitrogens with one attached hydrogen (secondary N) is 1. The highest BCUT2D eigenvalue weighted by Crippen LogP contribution is 2.22. The topological polar surface area (TPSA) is 84.1 Å². The normalized spacial score (nSPS) is 17.5. The van der Waals surface area contributed by atoms with Crippen molar-refractivity contribution < 1.29 is 4.79 Å². The molecule has 0 spiro atoms. The molecular formula is C11H17N5O. The second kappa shape index (κ2) is 4.29. The minimum absolute atomic E-state index is 0.139. The van der Waals surface area contributed by atoms with E-state index in [1.165, 1.54) is 0 Å². The van der Waals surface area contributed by atoms with Crippen molar-refractivity contribution in [2.24, 2.45) is 5.73 Å². The molecule has 1 aromatic rings. The molecule has 0 unspecified atom stereocenters. The van der Waals surface area contributed by atoms with Crippen molar-refractivity contribution in [3.05, 3.63) is 17.8 Å². The van der Waals surface area contributed by atoms with E-state index in [9.17, 15) is 4.79 Å². The molecule has 92 valence electrons. The maximum atomic E-state index is 11.5.